The van der Waals surface area contributed by atoms with Crippen molar-refractivity contribution in [3.05, 3.63) is 29.8 Å². The molecule has 0 spiro atoms. The highest BCUT2D eigenvalue weighted by atomic mass is 19.1. The molecule has 2 rings (SSSR count). The van der Waals surface area contributed by atoms with Gasteiger partial charge in [0.1, 0.15) is 5.54 Å². The van der Waals surface area contributed by atoms with Gasteiger partial charge < -0.3 is 15.2 Å². The fraction of sp³-hybridized carbons (Fsp3) is 0.417. The molecule has 19 heavy (non-hydrogen) atoms. The van der Waals surface area contributed by atoms with Crippen LogP contribution in [0.25, 0.3) is 0 Å². The summed E-state index contributed by atoms with van der Waals surface area (Å²) < 4.78 is 18.5. The van der Waals surface area contributed by atoms with E-state index in [-0.39, 0.29) is 31.6 Å². The quantitative estimate of drug-likeness (QED) is 0.783. The standard InChI is InChI=1S/C12H13FN2O4/c13-9-8(2-1-5-14-9)10(16)15-12(11(17)18)3-6-19-7-4-12/h1-2,5H,3-4,6-7H2,(H,15,16)(H,17,18). The summed E-state index contributed by atoms with van der Waals surface area (Å²) in [6, 6.07) is 2.67. The number of aromatic nitrogens is 1. The fourth-order valence-corrected chi connectivity index (χ4v) is 1.95. The number of pyridine rings is 1. The second-order valence-electron chi connectivity index (χ2n) is 4.30. The summed E-state index contributed by atoms with van der Waals surface area (Å²) in [7, 11) is 0. The average Bonchev–Trinajstić information content (AvgIpc) is 2.40. The molecule has 1 aromatic heterocycles. The summed E-state index contributed by atoms with van der Waals surface area (Å²) in [5.41, 5.74) is -1.67. The van der Waals surface area contributed by atoms with Gasteiger partial charge in [0.05, 0.1) is 5.56 Å². The van der Waals surface area contributed by atoms with Crippen molar-refractivity contribution in [1.82, 2.24) is 10.3 Å². The number of hydrogen-bond donors (Lipinski definition) is 2. The number of carboxylic acids is 1. The fourth-order valence-electron chi connectivity index (χ4n) is 1.95. The Morgan fingerprint density at radius 1 is 1.42 bits per heavy atom. The normalized spacial score (nSPS) is 17.7. The van der Waals surface area contributed by atoms with Crippen LogP contribution in [0.15, 0.2) is 18.3 Å². The van der Waals surface area contributed by atoms with Gasteiger partial charge in [-0.05, 0) is 12.1 Å². The van der Waals surface area contributed by atoms with Crippen molar-refractivity contribution in [2.24, 2.45) is 0 Å². The minimum absolute atomic E-state index is 0.149. The van der Waals surface area contributed by atoms with Gasteiger partial charge in [-0.3, -0.25) is 4.79 Å². The van der Waals surface area contributed by atoms with Crippen molar-refractivity contribution in [3.63, 3.8) is 0 Å². The number of amides is 1. The molecule has 0 radical (unpaired) electrons. The Kier molecular flexibility index (Phi) is 3.75. The van der Waals surface area contributed by atoms with Gasteiger partial charge in [-0.15, -0.1) is 0 Å². The van der Waals surface area contributed by atoms with E-state index in [0.29, 0.717) is 0 Å². The van der Waals surface area contributed by atoms with E-state index in [1.54, 1.807) is 0 Å². The Morgan fingerprint density at radius 3 is 2.68 bits per heavy atom. The first-order valence-corrected chi connectivity index (χ1v) is 5.79. The maximum Gasteiger partial charge on any atom is 0.329 e. The zero-order chi connectivity index (χ0) is 13.9. The van der Waals surface area contributed by atoms with E-state index in [0.717, 1.165) is 0 Å². The molecule has 102 valence electrons. The van der Waals surface area contributed by atoms with E-state index in [1.165, 1.54) is 18.3 Å². The van der Waals surface area contributed by atoms with E-state index < -0.39 is 23.4 Å². The lowest BCUT2D eigenvalue weighted by molar-refractivity contribution is -0.148. The van der Waals surface area contributed by atoms with Gasteiger partial charge in [0.2, 0.25) is 5.95 Å². The molecule has 0 aromatic carbocycles. The third-order valence-corrected chi connectivity index (χ3v) is 3.11. The molecule has 0 atom stereocenters. The molecule has 7 heteroatoms. The second kappa shape index (κ2) is 5.31. The molecule has 2 N–H and O–H groups in total. The molecule has 1 aromatic rings. The van der Waals surface area contributed by atoms with Gasteiger partial charge in [-0.1, -0.05) is 0 Å². The first kappa shape index (κ1) is 13.4. The van der Waals surface area contributed by atoms with Crippen molar-refractivity contribution >= 4 is 11.9 Å². The van der Waals surface area contributed by atoms with Gasteiger partial charge in [-0.25, -0.2) is 9.78 Å². The number of carbonyl (C=O) groups excluding carboxylic acids is 1. The Balaban J connectivity index is 2.20. The molecule has 1 aliphatic rings. The van der Waals surface area contributed by atoms with Crippen molar-refractivity contribution in [1.29, 1.82) is 0 Å². The van der Waals surface area contributed by atoms with Crippen molar-refractivity contribution < 1.29 is 23.8 Å². The number of carbonyl (C=O) groups is 2. The molecular formula is C12H13FN2O4. The van der Waals surface area contributed by atoms with Crippen LogP contribution in [0, 0.1) is 5.95 Å². The number of hydrogen-bond acceptors (Lipinski definition) is 4. The van der Waals surface area contributed by atoms with Gasteiger partial charge in [0.25, 0.3) is 5.91 Å². The average molecular weight is 268 g/mol. The van der Waals surface area contributed by atoms with E-state index in [2.05, 4.69) is 10.3 Å². The maximum absolute atomic E-state index is 13.4. The number of nitrogens with one attached hydrogen (secondary N) is 1. The van der Waals surface area contributed by atoms with Crippen LogP contribution in [0.1, 0.15) is 23.2 Å². The highest BCUT2D eigenvalue weighted by Gasteiger charge is 2.42. The summed E-state index contributed by atoms with van der Waals surface area (Å²) in [6.45, 7) is 0.476. The monoisotopic (exact) mass is 268 g/mol. The molecule has 0 unspecified atom stereocenters. The summed E-state index contributed by atoms with van der Waals surface area (Å²) in [6.07, 6.45) is 1.51. The van der Waals surface area contributed by atoms with E-state index in [1.807, 2.05) is 0 Å². The Bertz CT molecular complexity index is 500. The van der Waals surface area contributed by atoms with Crippen molar-refractivity contribution in [3.8, 4) is 0 Å². The lowest BCUT2D eigenvalue weighted by Crippen LogP contribution is -2.57. The molecule has 0 bridgehead atoms. The first-order chi connectivity index (χ1) is 9.05. The minimum atomic E-state index is -1.41. The summed E-state index contributed by atoms with van der Waals surface area (Å²) >= 11 is 0. The largest absolute Gasteiger partial charge is 0.480 e. The van der Waals surface area contributed by atoms with Crippen molar-refractivity contribution in [2.45, 2.75) is 18.4 Å². The topological polar surface area (TPSA) is 88.5 Å². The molecule has 1 amide bonds. The van der Waals surface area contributed by atoms with Crippen LogP contribution in [0.5, 0.6) is 0 Å². The summed E-state index contributed by atoms with van der Waals surface area (Å²) in [4.78, 5) is 26.7. The molecule has 1 fully saturated rings. The number of rotatable bonds is 3. The first-order valence-electron chi connectivity index (χ1n) is 5.79. The highest BCUT2D eigenvalue weighted by Crippen LogP contribution is 2.22. The van der Waals surface area contributed by atoms with E-state index in [9.17, 15) is 19.1 Å². The number of ether oxygens (including phenoxy) is 1. The Hall–Kier alpha value is -2.02. The number of aliphatic carboxylic acids is 1. The highest BCUT2D eigenvalue weighted by molar-refractivity contribution is 5.97. The van der Waals surface area contributed by atoms with Crippen LogP contribution in [0.3, 0.4) is 0 Å². The van der Waals surface area contributed by atoms with Crippen LogP contribution in [0.2, 0.25) is 0 Å². The van der Waals surface area contributed by atoms with Gasteiger partial charge >= 0.3 is 5.97 Å². The van der Waals surface area contributed by atoms with Crippen LogP contribution in [0.4, 0.5) is 4.39 Å². The maximum atomic E-state index is 13.4. The SMILES string of the molecule is O=C(NC1(C(=O)O)CCOCC1)c1cccnc1F. The smallest absolute Gasteiger partial charge is 0.329 e. The number of halogens is 1. The molecular weight excluding hydrogens is 255 g/mol. The predicted molar refractivity (Wildman–Crippen MR) is 62.1 cm³/mol. The lowest BCUT2D eigenvalue weighted by atomic mass is 9.90. The van der Waals surface area contributed by atoms with Crippen LogP contribution in [-0.2, 0) is 9.53 Å². The van der Waals surface area contributed by atoms with Crippen LogP contribution < -0.4 is 5.32 Å². The van der Waals surface area contributed by atoms with Gasteiger partial charge in [-0.2, -0.15) is 4.39 Å². The number of carboxylic acid groups (broad SMARTS) is 1. The molecule has 0 saturated carbocycles. The van der Waals surface area contributed by atoms with E-state index >= 15 is 0 Å². The Labute approximate surface area is 108 Å². The third-order valence-electron chi connectivity index (χ3n) is 3.11. The third kappa shape index (κ3) is 2.70. The van der Waals surface area contributed by atoms with Crippen molar-refractivity contribution in [2.75, 3.05) is 13.2 Å². The number of nitrogens with zero attached hydrogens (tertiary/aromatic N) is 1. The summed E-state index contributed by atoms with van der Waals surface area (Å²) in [5.74, 6) is -2.85. The molecule has 0 aliphatic carbocycles. The molecule has 1 saturated heterocycles. The predicted octanol–water partition coefficient (Wildman–Crippen LogP) is 0.584. The lowest BCUT2D eigenvalue weighted by Gasteiger charge is -2.33. The zero-order valence-corrected chi connectivity index (χ0v) is 10.1. The van der Waals surface area contributed by atoms with Crippen LogP contribution in [-0.4, -0.2) is 40.7 Å². The van der Waals surface area contributed by atoms with Gasteiger partial charge in [0, 0.05) is 32.3 Å². The van der Waals surface area contributed by atoms with E-state index in [4.69, 9.17) is 4.74 Å². The second-order valence-corrected chi connectivity index (χ2v) is 4.30. The molecule has 1 aliphatic heterocycles. The minimum Gasteiger partial charge on any atom is -0.480 e. The van der Waals surface area contributed by atoms with Crippen LogP contribution >= 0.6 is 0 Å². The zero-order valence-electron chi connectivity index (χ0n) is 10.1. The van der Waals surface area contributed by atoms with Gasteiger partial charge in [0.15, 0.2) is 0 Å². The molecule has 2 heterocycles. The summed E-state index contributed by atoms with van der Waals surface area (Å²) in [5, 5.41) is 11.7. The Morgan fingerprint density at radius 2 is 2.11 bits per heavy atom. The molecule has 6 nitrogen and oxygen atoms in total.